The van der Waals surface area contributed by atoms with Gasteiger partial charge in [0.15, 0.2) is 0 Å². The van der Waals surface area contributed by atoms with Crippen LogP contribution >= 0.6 is 0 Å². The summed E-state index contributed by atoms with van der Waals surface area (Å²) in [6.07, 6.45) is -5.12. The van der Waals surface area contributed by atoms with E-state index in [0.29, 0.717) is 33.8 Å². The largest absolute Gasteiger partial charge is 0.487 e. The van der Waals surface area contributed by atoms with E-state index < -0.39 is 37.9 Å². The molecule has 2 unspecified atom stereocenters. The lowest BCUT2D eigenvalue weighted by atomic mass is 9.84. The first-order valence-electron chi connectivity index (χ1n) is 10.5. The molecular formula is C25H30F4O3. The highest BCUT2D eigenvalue weighted by molar-refractivity contribution is 5.91. The zero-order chi connectivity index (χ0) is 24.2. The molecule has 0 aliphatic carbocycles. The minimum Gasteiger partial charge on any atom is -0.487 e. The Morgan fingerprint density at radius 3 is 1.22 bits per heavy atom. The fourth-order valence-corrected chi connectivity index (χ4v) is 3.92. The number of Topliss-reactive ketones (excluding diaryl/α,β-unsaturated/α-hetero) is 1. The second-order valence-electron chi connectivity index (χ2n) is 8.22. The zero-order valence-electron chi connectivity index (χ0n) is 19.3. The van der Waals surface area contributed by atoms with E-state index >= 15 is 0 Å². The van der Waals surface area contributed by atoms with Crippen LogP contribution in [0.25, 0.3) is 0 Å². The summed E-state index contributed by atoms with van der Waals surface area (Å²) < 4.78 is 60.4. The molecule has 0 heterocycles. The van der Waals surface area contributed by atoms with Crippen LogP contribution in [0.1, 0.15) is 59.1 Å². The van der Waals surface area contributed by atoms with E-state index in [9.17, 15) is 22.4 Å². The Labute approximate surface area is 186 Å². The van der Waals surface area contributed by atoms with Gasteiger partial charge in [0.1, 0.15) is 30.5 Å². The van der Waals surface area contributed by atoms with Gasteiger partial charge in [-0.1, -0.05) is 38.1 Å². The third-order valence-electron chi connectivity index (χ3n) is 5.53. The molecule has 0 spiro atoms. The first kappa shape index (κ1) is 25.7. The topological polar surface area (TPSA) is 35.5 Å². The first-order chi connectivity index (χ1) is 14.9. The van der Waals surface area contributed by atoms with Crippen LogP contribution < -0.4 is 9.47 Å². The van der Waals surface area contributed by atoms with Crippen LogP contribution in [0.5, 0.6) is 11.5 Å². The summed E-state index contributed by atoms with van der Waals surface area (Å²) in [5, 5.41) is 0. The highest BCUT2D eigenvalue weighted by atomic mass is 19.3. The Balaban J connectivity index is 2.24. The molecule has 0 fully saturated rings. The Morgan fingerprint density at radius 2 is 0.969 bits per heavy atom. The average Bonchev–Trinajstić information content (AvgIpc) is 2.70. The van der Waals surface area contributed by atoms with Crippen molar-refractivity contribution in [1.29, 1.82) is 0 Å². The predicted molar refractivity (Wildman–Crippen MR) is 117 cm³/mol. The minimum atomic E-state index is -2.56. The van der Waals surface area contributed by atoms with Crippen molar-refractivity contribution in [2.75, 3.05) is 13.2 Å². The molecule has 0 aliphatic heterocycles. The van der Waals surface area contributed by atoms with Crippen molar-refractivity contribution in [2.45, 2.75) is 66.2 Å². The lowest BCUT2D eigenvalue weighted by molar-refractivity contribution is -0.121. The lowest BCUT2D eigenvalue weighted by Crippen LogP contribution is -2.18. The number of rotatable bonds is 10. The number of aryl methyl sites for hydroxylation is 4. The summed E-state index contributed by atoms with van der Waals surface area (Å²) >= 11 is 0. The Kier molecular flexibility index (Phi) is 8.70. The molecule has 7 heteroatoms. The third-order valence-corrected chi connectivity index (χ3v) is 5.53. The van der Waals surface area contributed by atoms with E-state index in [4.69, 9.17) is 9.47 Å². The maximum Gasteiger partial charge on any atom is 0.272 e. The molecule has 0 N–H and O–H groups in total. The SMILES string of the molecule is Cc1cc(C(C)C(=O)C(C)c2cc(C)c(OCC(F)F)c(C)c2)cc(C)c1OCC(F)F. The summed E-state index contributed by atoms with van der Waals surface area (Å²) in [7, 11) is 0. The van der Waals surface area contributed by atoms with E-state index in [1.165, 1.54) is 0 Å². The fourth-order valence-electron chi connectivity index (χ4n) is 3.92. The maximum absolute atomic E-state index is 13.2. The number of benzene rings is 2. The average molecular weight is 455 g/mol. The van der Waals surface area contributed by atoms with Crippen LogP contribution in [0.2, 0.25) is 0 Å². The molecule has 176 valence electrons. The molecular weight excluding hydrogens is 424 g/mol. The van der Waals surface area contributed by atoms with Gasteiger partial charge >= 0.3 is 0 Å². The molecule has 2 rings (SSSR count). The summed E-state index contributed by atoms with van der Waals surface area (Å²) in [4.78, 5) is 13.2. The molecule has 0 radical (unpaired) electrons. The van der Waals surface area contributed by atoms with E-state index in [1.54, 1.807) is 52.0 Å². The molecule has 0 amide bonds. The number of carbonyl (C=O) groups excluding carboxylic acids is 1. The predicted octanol–water partition coefficient (Wildman–Crippen LogP) is 6.68. The van der Waals surface area contributed by atoms with Crippen LogP contribution in [0.15, 0.2) is 24.3 Å². The van der Waals surface area contributed by atoms with Gasteiger partial charge in [0, 0.05) is 11.8 Å². The normalized spacial score (nSPS) is 13.4. The van der Waals surface area contributed by atoms with Gasteiger partial charge in [-0.25, -0.2) is 17.6 Å². The number of halogens is 4. The van der Waals surface area contributed by atoms with Gasteiger partial charge in [0.05, 0.1) is 0 Å². The smallest absolute Gasteiger partial charge is 0.272 e. The number of carbonyl (C=O) groups is 1. The van der Waals surface area contributed by atoms with E-state index in [1.807, 2.05) is 13.8 Å². The van der Waals surface area contributed by atoms with E-state index in [2.05, 4.69) is 0 Å². The van der Waals surface area contributed by atoms with Crippen molar-refractivity contribution >= 4 is 5.78 Å². The van der Waals surface area contributed by atoms with Gasteiger partial charge in [0.25, 0.3) is 12.9 Å². The van der Waals surface area contributed by atoms with Gasteiger partial charge in [0.2, 0.25) is 0 Å². The maximum atomic E-state index is 13.2. The van der Waals surface area contributed by atoms with Gasteiger partial charge < -0.3 is 9.47 Å². The number of hydrogen-bond acceptors (Lipinski definition) is 3. The van der Waals surface area contributed by atoms with Gasteiger partial charge in [-0.3, -0.25) is 4.79 Å². The molecule has 2 atom stereocenters. The lowest BCUT2D eigenvalue weighted by Gasteiger charge is -2.21. The fraction of sp³-hybridized carbons (Fsp3) is 0.480. The summed E-state index contributed by atoms with van der Waals surface area (Å²) in [6, 6.07) is 7.17. The van der Waals surface area contributed by atoms with Crippen molar-refractivity contribution in [3.8, 4) is 11.5 Å². The summed E-state index contributed by atoms with van der Waals surface area (Å²) in [5.41, 5.74) is 4.35. The molecule has 2 aromatic rings. The molecule has 0 aromatic heterocycles. The summed E-state index contributed by atoms with van der Waals surface area (Å²) in [6.45, 7) is 9.33. The van der Waals surface area contributed by atoms with Crippen LogP contribution in [0, 0.1) is 27.7 Å². The molecule has 32 heavy (non-hydrogen) atoms. The second kappa shape index (κ2) is 10.8. The van der Waals surface area contributed by atoms with Crippen molar-refractivity contribution in [2.24, 2.45) is 0 Å². The van der Waals surface area contributed by atoms with Crippen molar-refractivity contribution in [3.05, 3.63) is 57.6 Å². The molecule has 3 nitrogen and oxygen atoms in total. The van der Waals surface area contributed by atoms with Gasteiger partial charge in [-0.15, -0.1) is 0 Å². The number of hydrogen-bond donors (Lipinski definition) is 0. The quantitative estimate of drug-likeness (QED) is 0.376. The Bertz CT molecular complexity index is 835. The van der Waals surface area contributed by atoms with Gasteiger partial charge in [-0.2, -0.15) is 0 Å². The number of ether oxygens (including phenoxy) is 2. The van der Waals surface area contributed by atoms with E-state index in [0.717, 1.165) is 11.1 Å². The third kappa shape index (κ3) is 6.24. The highest BCUT2D eigenvalue weighted by Gasteiger charge is 2.25. The molecule has 0 aliphatic rings. The molecule has 0 bridgehead atoms. The Morgan fingerprint density at radius 1 is 0.688 bits per heavy atom. The highest BCUT2D eigenvalue weighted by Crippen LogP contribution is 2.34. The van der Waals surface area contributed by atoms with Crippen LogP contribution in [0.4, 0.5) is 17.6 Å². The van der Waals surface area contributed by atoms with Crippen LogP contribution in [-0.4, -0.2) is 31.8 Å². The number of ketones is 1. The van der Waals surface area contributed by atoms with Crippen LogP contribution in [0.3, 0.4) is 0 Å². The van der Waals surface area contributed by atoms with Crippen molar-refractivity contribution in [3.63, 3.8) is 0 Å². The van der Waals surface area contributed by atoms with E-state index in [-0.39, 0.29) is 5.78 Å². The first-order valence-corrected chi connectivity index (χ1v) is 10.5. The zero-order valence-corrected chi connectivity index (χ0v) is 19.3. The molecule has 2 aromatic carbocycles. The minimum absolute atomic E-state index is 0.00917. The monoisotopic (exact) mass is 454 g/mol. The Hall–Kier alpha value is -2.57. The second-order valence-corrected chi connectivity index (χ2v) is 8.22. The standard InChI is InChI=1S/C25H30F4O3/c1-13-7-19(8-14(2)24(13)31-11-21(26)27)17(5)23(30)18(6)20-9-15(3)25(16(4)10-20)32-12-22(28)29/h7-10,17-18,21-22H,11-12H2,1-6H3. The van der Waals surface area contributed by atoms with Gasteiger partial charge in [-0.05, 0) is 61.1 Å². The van der Waals surface area contributed by atoms with Crippen LogP contribution in [-0.2, 0) is 4.79 Å². The van der Waals surface area contributed by atoms with Crippen molar-refractivity contribution in [1.82, 2.24) is 0 Å². The summed E-state index contributed by atoms with van der Waals surface area (Å²) in [5.74, 6) is -0.0475. The van der Waals surface area contributed by atoms with Crippen molar-refractivity contribution < 1.29 is 31.8 Å². The number of alkyl halides is 4. The molecule has 0 saturated heterocycles. The molecule has 0 saturated carbocycles.